The third-order valence-corrected chi connectivity index (χ3v) is 5.22. The predicted molar refractivity (Wildman–Crippen MR) is 85.0 cm³/mol. The summed E-state index contributed by atoms with van der Waals surface area (Å²) in [5.74, 6) is 0.834. The Morgan fingerprint density at radius 3 is 2.68 bits per heavy atom. The average Bonchev–Trinajstić information content (AvgIpc) is 3.16. The molecule has 0 unspecified atom stereocenters. The number of sulfone groups is 1. The van der Waals surface area contributed by atoms with E-state index in [1.807, 2.05) is 10.6 Å². The Morgan fingerprint density at radius 2 is 1.95 bits per heavy atom. The van der Waals surface area contributed by atoms with Gasteiger partial charge in [-0.25, -0.2) is 18.4 Å². The minimum absolute atomic E-state index is 0.291. The largest absolute Gasteiger partial charge is 0.354 e. The first-order chi connectivity index (χ1) is 10.5. The van der Waals surface area contributed by atoms with Gasteiger partial charge in [-0.05, 0) is 31.0 Å². The monoisotopic (exact) mass is 316 g/mol. The lowest BCUT2D eigenvalue weighted by Crippen LogP contribution is -2.20. The van der Waals surface area contributed by atoms with E-state index in [2.05, 4.69) is 9.88 Å². The smallest absolute Gasteiger partial charge is 0.180 e. The molecule has 0 bridgehead atoms. The summed E-state index contributed by atoms with van der Waals surface area (Å²) in [5.41, 5.74) is 2.36. The van der Waals surface area contributed by atoms with Crippen LogP contribution in [-0.2, 0) is 9.84 Å². The van der Waals surface area contributed by atoms with Crippen LogP contribution in [0.2, 0.25) is 0 Å². The van der Waals surface area contributed by atoms with Gasteiger partial charge in [0, 0.05) is 31.7 Å². The maximum absolute atomic E-state index is 11.8. The third-order valence-electron chi connectivity index (χ3n) is 4.11. The van der Waals surface area contributed by atoms with Gasteiger partial charge in [0.1, 0.15) is 0 Å². The summed E-state index contributed by atoms with van der Waals surface area (Å²) in [6.45, 7) is 1.93. The second-order valence-electron chi connectivity index (χ2n) is 5.67. The zero-order valence-corrected chi connectivity index (χ0v) is 13.0. The van der Waals surface area contributed by atoms with Crippen molar-refractivity contribution >= 4 is 32.3 Å². The second kappa shape index (κ2) is 4.67. The molecular weight excluding hydrogens is 300 g/mol. The van der Waals surface area contributed by atoms with Gasteiger partial charge >= 0.3 is 0 Å². The molecule has 3 heterocycles. The fourth-order valence-electron chi connectivity index (χ4n) is 3.00. The highest BCUT2D eigenvalue weighted by Gasteiger charge is 2.20. The molecule has 0 saturated carbocycles. The number of hydrogen-bond acceptors (Lipinski definition) is 5. The SMILES string of the molecule is CS(=O)(=O)c1ccc2c(c1)nc(N1CCCC1)c1nccn12. The molecule has 3 aromatic rings. The van der Waals surface area contributed by atoms with E-state index in [4.69, 9.17) is 4.98 Å². The summed E-state index contributed by atoms with van der Waals surface area (Å²) in [4.78, 5) is 11.6. The van der Waals surface area contributed by atoms with Crippen LogP contribution in [0.1, 0.15) is 12.8 Å². The van der Waals surface area contributed by atoms with Crippen molar-refractivity contribution in [3.05, 3.63) is 30.6 Å². The second-order valence-corrected chi connectivity index (χ2v) is 7.69. The third kappa shape index (κ3) is 2.04. The Morgan fingerprint density at radius 1 is 1.18 bits per heavy atom. The fraction of sp³-hybridized carbons (Fsp3) is 0.333. The fourth-order valence-corrected chi connectivity index (χ4v) is 3.64. The van der Waals surface area contributed by atoms with Gasteiger partial charge in [0.2, 0.25) is 0 Å². The molecule has 1 saturated heterocycles. The molecule has 0 amide bonds. The van der Waals surface area contributed by atoms with Gasteiger partial charge in [-0.3, -0.25) is 4.40 Å². The van der Waals surface area contributed by atoms with Crippen molar-refractivity contribution in [1.29, 1.82) is 0 Å². The molecule has 1 aliphatic heterocycles. The molecule has 0 N–H and O–H groups in total. The topological polar surface area (TPSA) is 67.6 Å². The quantitative estimate of drug-likeness (QED) is 0.722. The van der Waals surface area contributed by atoms with Crippen LogP contribution in [-0.4, -0.2) is 42.1 Å². The van der Waals surface area contributed by atoms with E-state index >= 15 is 0 Å². The predicted octanol–water partition coefficient (Wildman–Crippen LogP) is 1.89. The van der Waals surface area contributed by atoms with Gasteiger partial charge in [-0.2, -0.15) is 0 Å². The van der Waals surface area contributed by atoms with Crippen LogP contribution in [0.25, 0.3) is 16.7 Å². The molecule has 114 valence electrons. The van der Waals surface area contributed by atoms with Crippen LogP contribution in [0.3, 0.4) is 0 Å². The molecule has 0 aliphatic carbocycles. The normalized spacial score (nSPS) is 16.0. The highest BCUT2D eigenvalue weighted by Crippen LogP contribution is 2.27. The molecule has 0 atom stereocenters. The van der Waals surface area contributed by atoms with E-state index in [9.17, 15) is 8.42 Å². The Hall–Kier alpha value is -2.15. The number of fused-ring (bicyclic) bond motifs is 3. The molecule has 1 aliphatic rings. The van der Waals surface area contributed by atoms with Crippen molar-refractivity contribution in [3.63, 3.8) is 0 Å². The van der Waals surface area contributed by atoms with Crippen molar-refractivity contribution in [3.8, 4) is 0 Å². The number of hydrogen-bond donors (Lipinski definition) is 0. The summed E-state index contributed by atoms with van der Waals surface area (Å²) < 4.78 is 25.5. The van der Waals surface area contributed by atoms with Crippen LogP contribution in [0.5, 0.6) is 0 Å². The lowest BCUT2D eigenvalue weighted by Gasteiger charge is -2.18. The summed E-state index contributed by atoms with van der Waals surface area (Å²) in [7, 11) is -3.24. The standard InChI is InChI=1S/C15H16N4O2S/c1-22(20,21)11-4-5-13-12(10-11)17-15(18-7-2-3-8-18)14-16-6-9-19(13)14/h4-6,9-10H,2-3,7-8H2,1H3. The highest BCUT2D eigenvalue weighted by molar-refractivity contribution is 7.90. The minimum Gasteiger partial charge on any atom is -0.354 e. The van der Waals surface area contributed by atoms with Gasteiger partial charge in [-0.1, -0.05) is 0 Å². The van der Waals surface area contributed by atoms with E-state index < -0.39 is 9.84 Å². The van der Waals surface area contributed by atoms with Crippen molar-refractivity contribution < 1.29 is 8.42 Å². The van der Waals surface area contributed by atoms with Crippen LogP contribution in [0.15, 0.2) is 35.5 Å². The maximum Gasteiger partial charge on any atom is 0.180 e. The van der Waals surface area contributed by atoms with Crippen LogP contribution >= 0.6 is 0 Å². The molecule has 2 aromatic heterocycles. The molecule has 4 rings (SSSR count). The number of rotatable bonds is 2. The lowest BCUT2D eigenvalue weighted by atomic mass is 10.3. The number of aromatic nitrogens is 3. The van der Waals surface area contributed by atoms with Crippen molar-refractivity contribution in [2.75, 3.05) is 24.2 Å². The van der Waals surface area contributed by atoms with Gasteiger partial charge in [-0.15, -0.1) is 0 Å². The summed E-state index contributed by atoms with van der Waals surface area (Å²) in [6.07, 6.45) is 7.15. The first-order valence-electron chi connectivity index (χ1n) is 7.26. The van der Waals surface area contributed by atoms with Crippen LogP contribution in [0, 0.1) is 0 Å². The van der Waals surface area contributed by atoms with Gasteiger partial charge in [0.25, 0.3) is 0 Å². The van der Waals surface area contributed by atoms with E-state index in [-0.39, 0.29) is 0 Å². The number of nitrogens with zero attached hydrogens (tertiary/aromatic N) is 4. The van der Waals surface area contributed by atoms with Crippen molar-refractivity contribution in [1.82, 2.24) is 14.4 Å². The molecule has 6 nitrogen and oxygen atoms in total. The Balaban J connectivity index is 2.03. The first kappa shape index (κ1) is 13.5. The average molecular weight is 316 g/mol. The van der Waals surface area contributed by atoms with E-state index in [0.29, 0.717) is 10.4 Å². The molecule has 0 spiro atoms. The molecule has 0 radical (unpaired) electrons. The zero-order chi connectivity index (χ0) is 15.3. The molecule has 1 fully saturated rings. The Bertz CT molecular complexity index is 972. The first-order valence-corrected chi connectivity index (χ1v) is 9.15. The highest BCUT2D eigenvalue weighted by atomic mass is 32.2. The number of imidazole rings is 1. The molecule has 7 heteroatoms. The molecule has 22 heavy (non-hydrogen) atoms. The number of benzene rings is 1. The number of anilines is 1. The summed E-state index contributed by atoms with van der Waals surface area (Å²) in [6, 6.07) is 5.05. The van der Waals surface area contributed by atoms with Crippen molar-refractivity contribution in [2.45, 2.75) is 17.7 Å². The van der Waals surface area contributed by atoms with Gasteiger partial charge in [0.15, 0.2) is 21.3 Å². The van der Waals surface area contributed by atoms with Crippen LogP contribution < -0.4 is 4.90 Å². The van der Waals surface area contributed by atoms with Gasteiger partial charge in [0.05, 0.1) is 15.9 Å². The lowest BCUT2D eigenvalue weighted by molar-refractivity contribution is 0.602. The zero-order valence-electron chi connectivity index (χ0n) is 12.2. The van der Waals surface area contributed by atoms with E-state index in [0.717, 1.165) is 42.9 Å². The van der Waals surface area contributed by atoms with Gasteiger partial charge < -0.3 is 4.90 Å². The molecular formula is C15H16N4O2S. The van der Waals surface area contributed by atoms with Crippen LogP contribution in [0.4, 0.5) is 5.82 Å². The van der Waals surface area contributed by atoms with E-state index in [1.54, 1.807) is 24.4 Å². The summed E-state index contributed by atoms with van der Waals surface area (Å²) in [5, 5.41) is 0. The Kier molecular flexibility index (Phi) is 2.87. The Labute approximate surface area is 128 Å². The summed E-state index contributed by atoms with van der Waals surface area (Å²) >= 11 is 0. The van der Waals surface area contributed by atoms with E-state index in [1.165, 1.54) is 6.26 Å². The molecule has 1 aromatic carbocycles. The van der Waals surface area contributed by atoms with Crippen molar-refractivity contribution in [2.24, 2.45) is 0 Å². The maximum atomic E-state index is 11.8. The minimum atomic E-state index is -3.24.